The Morgan fingerprint density at radius 1 is 1.06 bits per heavy atom. The first-order valence-corrected chi connectivity index (χ1v) is 10.1. The quantitative estimate of drug-likeness (QED) is 0.267. The molecule has 4 rings (SSSR count). The summed E-state index contributed by atoms with van der Waals surface area (Å²) in [5.41, 5.74) is 1.90. The lowest BCUT2D eigenvalue weighted by molar-refractivity contribution is -0.384. The van der Waals surface area contributed by atoms with Crippen molar-refractivity contribution in [2.75, 3.05) is 12.0 Å². The van der Waals surface area contributed by atoms with E-state index in [9.17, 15) is 24.5 Å². The van der Waals surface area contributed by atoms with Crippen molar-refractivity contribution >= 4 is 35.3 Å². The average molecular weight is 461 g/mol. The number of nitrogens with one attached hydrogen (secondary N) is 1. The number of aryl methyl sites for hydroxylation is 1. The minimum absolute atomic E-state index is 0.0968. The molecule has 0 radical (unpaired) electrons. The van der Waals surface area contributed by atoms with E-state index < -0.39 is 22.8 Å². The molecule has 0 saturated carbocycles. The van der Waals surface area contributed by atoms with E-state index in [2.05, 4.69) is 10.4 Å². The lowest BCUT2D eigenvalue weighted by atomic mass is 10.1. The van der Waals surface area contributed by atoms with Crippen LogP contribution in [-0.4, -0.2) is 39.7 Å². The topological polar surface area (TPSA) is 137 Å². The lowest BCUT2D eigenvalue weighted by Gasteiger charge is -2.26. The Hall–Kier alpha value is -4.80. The van der Waals surface area contributed by atoms with Gasteiger partial charge in [-0.1, -0.05) is 6.07 Å². The fourth-order valence-corrected chi connectivity index (χ4v) is 3.62. The standard InChI is InChI=1S/C23H19N5O6/c1-13-19(14(2)27(25-13)16-5-4-6-17(11-16)28(32)33)12-20-21(29)24-23(31)26(22(20)30)15-7-9-18(34-3)10-8-15/h4-12H,1-3H3,(H,24,29,31)/b20-12-. The normalized spacial score (nSPS) is 15.0. The van der Waals surface area contributed by atoms with Crippen LogP contribution in [0.3, 0.4) is 0 Å². The van der Waals surface area contributed by atoms with Crippen molar-refractivity contribution in [3.05, 3.63) is 81.2 Å². The predicted molar refractivity (Wildman–Crippen MR) is 122 cm³/mol. The summed E-state index contributed by atoms with van der Waals surface area (Å²) in [5.74, 6) is -1.08. The van der Waals surface area contributed by atoms with Crippen molar-refractivity contribution in [2.24, 2.45) is 0 Å². The second-order valence-corrected chi connectivity index (χ2v) is 7.43. The van der Waals surface area contributed by atoms with Gasteiger partial charge in [-0.15, -0.1) is 0 Å². The highest BCUT2D eigenvalue weighted by Crippen LogP contribution is 2.27. The van der Waals surface area contributed by atoms with Gasteiger partial charge in [0.05, 0.1) is 29.1 Å². The molecule has 0 spiro atoms. The highest BCUT2D eigenvalue weighted by Gasteiger charge is 2.37. The Morgan fingerprint density at radius 3 is 2.41 bits per heavy atom. The molecule has 1 aliphatic heterocycles. The number of nitro benzene ring substituents is 1. The number of benzene rings is 2. The van der Waals surface area contributed by atoms with E-state index in [-0.39, 0.29) is 16.9 Å². The molecule has 172 valence electrons. The molecule has 1 aromatic heterocycles. The Bertz CT molecular complexity index is 1370. The molecule has 1 fully saturated rings. The van der Waals surface area contributed by atoms with Gasteiger partial charge in [0.15, 0.2) is 0 Å². The number of rotatable bonds is 5. The Kier molecular flexibility index (Phi) is 5.68. The van der Waals surface area contributed by atoms with Crippen molar-refractivity contribution in [1.29, 1.82) is 0 Å². The van der Waals surface area contributed by atoms with Gasteiger partial charge in [-0.05, 0) is 50.3 Å². The van der Waals surface area contributed by atoms with Crippen LogP contribution in [0.4, 0.5) is 16.2 Å². The molecule has 1 saturated heterocycles. The molecule has 2 aromatic carbocycles. The number of amides is 4. The van der Waals surface area contributed by atoms with Crippen LogP contribution in [0.5, 0.6) is 5.75 Å². The van der Waals surface area contributed by atoms with Gasteiger partial charge in [0.2, 0.25) is 0 Å². The number of anilines is 1. The molecule has 3 aromatic rings. The molecule has 2 heterocycles. The molecule has 0 bridgehead atoms. The zero-order chi connectivity index (χ0) is 24.6. The van der Waals surface area contributed by atoms with Gasteiger partial charge < -0.3 is 4.74 Å². The summed E-state index contributed by atoms with van der Waals surface area (Å²) in [6.07, 6.45) is 1.37. The van der Waals surface area contributed by atoms with E-state index in [1.807, 2.05) is 0 Å². The predicted octanol–water partition coefficient (Wildman–Crippen LogP) is 3.07. The van der Waals surface area contributed by atoms with Crippen LogP contribution in [0.25, 0.3) is 11.8 Å². The largest absolute Gasteiger partial charge is 0.497 e. The number of imide groups is 2. The summed E-state index contributed by atoms with van der Waals surface area (Å²) >= 11 is 0. The number of carbonyl (C=O) groups excluding carboxylic acids is 3. The summed E-state index contributed by atoms with van der Waals surface area (Å²) in [6, 6.07) is 11.3. The molecule has 0 aliphatic carbocycles. The van der Waals surface area contributed by atoms with Crippen LogP contribution < -0.4 is 15.0 Å². The number of aromatic nitrogens is 2. The molecule has 1 N–H and O–H groups in total. The number of hydrogen-bond acceptors (Lipinski definition) is 7. The SMILES string of the molecule is COc1ccc(N2C(=O)NC(=O)/C(=C/c3c(C)nn(-c4cccc([N+](=O)[O-])c4)c3C)C2=O)cc1. The zero-order valence-electron chi connectivity index (χ0n) is 18.4. The van der Waals surface area contributed by atoms with Crippen LogP contribution in [-0.2, 0) is 9.59 Å². The first-order valence-electron chi connectivity index (χ1n) is 10.1. The Morgan fingerprint density at radius 2 is 1.76 bits per heavy atom. The van der Waals surface area contributed by atoms with Crippen molar-refractivity contribution in [2.45, 2.75) is 13.8 Å². The molecular weight excluding hydrogens is 442 g/mol. The van der Waals surface area contributed by atoms with E-state index in [4.69, 9.17) is 4.74 Å². The third-order valence-electron chi connectivity index (χ3n) is 5.35. The number of nitrogens with zero attached hydrogens (tertiary/aromatic N) is 4. The van der Waals surface area contributed by atoms with Crippen molar-refractivity contribution in [1.82, 2.24) is 15.1 Å². The van der Waals surface area contributed by atoms with E-state index in [0.29, 0.717) is 28.4 Å². The Labute approximate surface area is 193 Å². The Balaban J connectivity index is 1.75. The molecule has 34 heavy (non-hydrogen) atoms. The second-order valence-electron chi connectivity index (χ2n) is 7.43. The highest BCUT2D eigenvalue weighted by atomic mass is 16.6. The molecule has 11 nitrogen and oxygen atoms in total. The number of methoxy groups -OCH3 is 1. The molecule has 1 aliphatic rings. The minimum Gasteiger partial charge on any atom is -0.497 e. The number of barbiturate groups is 1. The average Bonchev–Trinajstić information content (AvgIpc) is 3.10. The molecule has 0 atom stereocenters. The lowest BCUT2D eigenvalue weighted by Crippen LogP contribution is -2.54. The molecular formula is C23H19N5O6. The number of urea groups is 1. The van der Waals surface area contributed by atoms with Gasteiger partial charge in [-0.3, -0.25) is 25.0 Å². The maximum Gasteiger partial charge on any atom is 0.335 e. The number of hydrogen-bond donors (Lipinski definition) is 1. The second kappa shape index (κ2) is 8.62. The fourth-order valence-electron chi connectivity index (χ4n) is 3.62. The van der Waals surface area contributed by atoms with Gasteiger partial charge in [0.1, 0.15) is 11.3 Å². The third-order valence-corrected chi connectivity index (χ3v) is 5.35. The molecule has 4 amide bonds. The van der Waals surface area contributed by atoms with Gasteiger partial charge in [0, 0.05) is 23.4 Å². The van der Waals surface area contributed by atoms with Crippen LogP contribution in [0.2, 0.25) is 0 Å². The summed E-state index contributed by atoms with van der Waals surface area (Å²) in [7, 11) is 1.49. The van der Waals surface area contributed by atoms with E-state index >= 15 is 0 Å². The monoisotopic (exact) mass is 461 g/mol. The number of carbonyl (C=O) groups is 3. The number of ether oxygens (including phenoxy) is 1. The van der Waals surface area contributed by atoms with Gasteiger partial charge in [-0.2, -0.15) is 5.10 Å². The van der Waals surface area contributed by atoms with Crippen LogP contribution in [0.15, 0.2) is 54.1 Å². The summed E-state index contributed by atoms with van der Waals surface area (Å²) in [4.78, 5) is 49.6. The van der Waals surface area contributed by atoms with Crippen molar-refractivity contribution < 1.29 is 24.0 Å². The number of non-ortho nitro benzene ring substituents is 1. The fraction of sp³-hybridized carbons (Fsp3) is 0.130. The van der Waals surface area contributed by atoms with Crippen molar-refractivity contribution in [3.8, 4) is 11.4 Å². The first kappa shape index (κ1) is 22.4. The van der Waals surface area contributed by atoms with Gasteiger partial charge in [0.25, 0.3) is 17.5 Å². The molecule has 0 unspecified atom stereocenters. The van der Waals surface area contributed by atoms with Crippen LogP contribution in [0.1, 0.15) is 17.0 Å². The molecule has 11 heteroatoms. The van der Waals surface area contributed by atoms with Crippen molar-refractivity contribution in [3.63, 3.8) is 0 Å². The van der Waals surface area contributed by atoms with Gasteiger partial charge >= 0.3 is 6.03 Å². The maximum atomic E-state index is 13.2. The smallest absolute Gasteiger partial charge is 0.335 e. The first-order chi connectivity index (χ1) is 16.2. The van der Waals surface area contributed by atoms with Crippen LogP contribution >= 0.6 is 0 Å². The minimum atomic E-state index is -0.863. The summed E-state index contributed by atoms with van der Waals surface area (Å²) in [5, 5.41) is 17.7. The van der Waals surface area contributed by atoms with E-state index in [0.717, 1.165) is 4.90 Å². The van der Waals surface area contributed by atoms with Gasteiger partial charge in [-0.25, -0.2) is 14.4 Å². The summed E-state index contributed by atoms with van der Waals surface area (Å²) < 4.78 is 6.59. The van der Waals surface area contributed by atoms with E-state index in [1.165, 1.54) is 42.1 Å². The third kappa shape index (κ3) is 3.90. The highest BCUT2D eigenvalue weighted by molar-refractivity contribution is 6.39. The summed E-state index contributed by atoms with van der Waals surface area (Å²) in [6.45, 7) is 3.40. The van der Waals surface area contributed by atoms with Crippen LogP contribution in [0, 0.1) is 24.0 Å². The zero-order valence-corrected chi connectivity index (χ0v) is 18.4. The maximum absolute atomic E-state index is 13.2. The van der Waals surface area contributed by atoms with E-state index in [1.54, 1.807) is 38.1 Å². The number of nitro groups is 1.